The van der Waals surface area contributed by atoms with Crippen molar-refractivity contribution >= 4 is 17.5 Å². The lowest BCUT2D eigenvalue weighted by Gasteiger charge is -2.31. The zero-order valence-corrected chi connectivity index (χ0v) is 23.6. The van der Waals surface area contributed by atoms with Crippen molar-refractivity contribution in [2.45, 2.75) is 64.3 Å². The maximum atomic E-state index is 14.8. The molecular weight excluding hydrogens is 525 g/mol. The molecule has 1 amide bonds. The van der Waals surface area contributed by atoms with Crippen LogP contribution in [-0.2, 0) is 4.79 Å². The average molecular weight is 561 g/mol. The molecular formula is C30H36ClF3N4O. The Morgan fingerprint density at radius 3 is 2.51 bits per heavy atom. The summed E-state index contributed by atoms with van der Waals surface area (Å²) in [5, 5.41) is 7.56. The zero-order valence-electron chi connectivity index (χ0n) is 22.9. The van der Waals surface area contributed by atoms with Gasteiger partial charge in [0.25, 0.3) is 0 Å². The van der Waals surface area contributed by atoms with Crippen LogP contribution in [0.15, 0.2) is 48.7 Å². The molecule has 1 saturated heterocycles. The molecule has 5 nitrogen and oxygen atoms in total. The topological polar surface area (TPSA) is 50.2 Å². The number of benzene rings is 2. The fraction of sp³-hybridized carbons (Fsp3) is 0.467. The first-order valence-electron chi connectivity index (χ1n) is 13.5. The number of carbonyl (C=O) groups excluding carboxylic acids is 1. The summed E-state index contributed by atoms with van der Waals surface area (Å²) in [7, 11) is 0. The van der Waals surface area contributed by atoms with Crippen LogP contribution in [0.1, 0.15) is 70.1 Å². The van der Waals surface area contributed by atoms with Gasteiger partial charge in [0, 0.05) is 55.0 Å². The highest BCUT2D eigenvalue weighted by molar-refractivity contribution is 6.30. The van der Waals surface area contributed by atoms with Gasteiger partial charge in [0.1, 0.15) is 17.5 Å². The Morgan fingerprint density at radius 2 is 1.85 bits per heavy atom. The normalized spacial score (nSPS) is 18.9. The lowest BCUT2D eigenvalue weighted by molar-refractivity contribution is -0.125. The number of halogens is 4. The fourth-order valence-corrected chi connectivity index (χ4v) is 5.65. The molecule has 1 aromatic heterocycles. The number of hydrogen-bond acceptors (Lipinski definition) is 3. The number of nitrogens with zero attached hydrogens (tertiary/aromatic N) is 3. The van der Waals surface area contributed by atoms with Gasteiger partial charge < -0.3 is 5.32 Å². The van der Waals surface area contributed by atoms with E-state index in [1.807, 2.05) is 6.07 Å². The maximum absolute atomic E-state index is 14.8. The molecule has 1 aliphatic heterocycles. The molecule has 0 bridgehead atoms. The van der Waals surface area contributed by atoms with E-state index < -0.39 is 23.4 Å². The molecule has 9 heteroatoms. The number of likely N-dealkylation sites (tertiary alicyclic amines) is 1. The number of aromatic nitrogens is 2. The minimum atomic E-state index is -0.632. The SMILES string of the molecule is CCCC(CCNC(=O)[C@@H]1CN(C(C)(C)C)C[C@H]1c1ccc(F)cc1F)c1ccnn1-c1ccc(F)c(Cl)c1. The van der Waals surface area contributed by atoms with E-state index in [0.29, 0.717) is 37.3 Å². The molecule has 0 saturated carbocycles. The highest BCUT2D eigenvalue weighted by atomic mass is 35.5. The third-order valence-corrected chi connectivity index (χ3v) is 7.92. The molecule has 1 aliphatic rings. The van der Waals surface area contributed by atoms with Crippen molar-refractivity contribution in [3.8, 4) is 5.69 Å². The number of carbonyl (C=O) groups is 1. The van der Waals surface area contributed by atoms with E-state index in [1.165, 1.54) is 18.2 Å². The Labute approximate surface area is 233 Å². The van der Waals surface area contributed by atoms with E-state index in [4.69, 9.17) is 11.6 Å². The van der Waals surface area contributed by atoms with Crippen molar-refractivity contribution in [1.29, 1.82) is 0 Å². The van der Waals surface area contributed by atoms with Crippen molar-refractivity contribution in [3.63, 3.8) is 0 Å². The molecule has 0 radical (unpaired) electrons. The first kappa shape index (κ1) is 29.2. The van der Waals surface area contributed by atoms with Crippen LogP contribution < -0.4 is 5.32 Å². The van der Waals surface area contributed by atoms with Crippen molar-refractivity contribution in [2.24, 2.45) is 5.92 Å². The fourth-order valence-electron chi connectivity index (χ4n) is 5.48. The number of amides is 1. The summed E-state index contributed by atoms with van der Waals surface area (Å²) in [5.41, 5.74) is 1.80. The Kier molecular flexibility index (Phi) is 9.07. The van der Waals surface area contributed by atoms with Crippen LogP contribution in [0.3, 0.4) is 0 Å². The average Bonchev–Trinajstić information content (AvgIpc) is 3.53. The summed E-state index contributed by atoms with van der Waals surface area (Å²) in [6, 6.07) is 10.0. The monoisotopic (exact) mass is 560 g/mol. The van der Waals surface area contributed by atoms with Gasteiger partial charge in [0.15, 0.2) is 0 Å². The molecule has 0 spiro atoms. The predicted molar refractivity (Wildman–Crippen MR) is 148 cm³/mol. The third-order valence-electron chi connectivity index (χ3n) is 7.63. The summed E-state index contributed by atoms with van der Waals surface area (Å²) in [6.07, 6.45) is 4.19. The van der Waals surface area contributed by atoms with E-state index >= 15 is 0 Å². The van der Waals surface area contributed by atoms with Crippen molar-refractivity contribution in [2.75, 3.05) is 19.6 Å². The Bertz CT molecular complexity index is 1310. The van der Waals surface area contributed by atoms with Crippen molar-refractivity contribution in [3.05, 3.63) is 82.4 Å². The summed E-state index contributed by atoms with van der Waals surface area (Å²) in [6.45, 7) is 9.75. The molecule has 2 aromatic carbocycles. The van der Waals surface area contributed by atoms with E-state index in [-0.39, 0.29) is 28.3 Å². The minimum absolute atomic E-state index is 0.0289. The van der Waals surface area contributed by atoms with Gasteiger partial charge in [-0.15, -0.1) is 0 Å². The van der Waals surface area contributed by atoms with Crippen LogP contribution >= 0.6 is 11.6 Å². The number of nitrogens with one attached hydrogen (secondary N) is 1. The van der Waals surface area contributed by atoms with Gasteiger partial charge in [0.2, 0.25) is 5.91 Å². The molecule has 39 heavy (non-hydrogen) atoms. The molecule has 3 atom stereocenters. The summed E-state index contributed by atoms with van der Waals surface area (Å²) in [4.78, 5) is 15.6. The number of rotatable bonds is 9. The highest BCUT2D eigenvalue weighted by Crippen LogP contribution is 2.38. The summed E-state index contributed by atoms with van der Waals surface area (Å²) >= 11 is 6.01. The predicted octanol–water partition coefficient (Wildman–Crippen LogP) is 6.85. The molecule has 4 rings (SSSR count). The van der Waals surface area contributed by atoms with Crippen molar-refractivity contribution in [1.82, 2.24) is 20.0 Å². The minimum Gasteiger partial charge on any atom is -0.356 e. The molecule has 1 unspecified atom stereocenters. The van der Waals surface area contributed by atoms with Gasteiger partial charge in [0.05, 0.1) is 16.6 Å². The number of hydrogen-bond donors (Lipinski definition) is 1. The second-order valence-electron chi connectivity index (χ2n) is 11.3. The second-order valence-corrected chi connectivity index (χ2v) is 11.7. The van der Waals surface area contributed by atoms with Crippen LogP contribution in [0.2, 0.25) is 5.02 Å². The van der Waals surface area contributed by atoms with E-state index in [2.05, 4.69) is 43.0 Å². The second kappa shape index (κ2) is 12.1. The summed E-state index contributed by atoms with van der Waals surface area (Å²) in [5.74, 6) is -2.61. The molecule has 210 valence electrons. The highest BCUT2D eigenvalue weighted by Gasteiger charge is 2.42. The molecule has 3 aromatic rings. The molecule has 0 aliphatic carbocycles. The first-order valence-corrected chi connectivity index (χ1v) is 13.8. The zero-order chi connectivity index (χ0) is 28.3. The largest absolute Gasteiger partial charge is 0.356 e. The molecule has 1 N–H and O–H groups in total. The lowest BCUT2D eigenvalue weighted by atomic mass is 9.87. The van der Waals surface area contributed by atoms with Gasteiger partial charge >= 0.3 is 0 Å². The quantitative estimate of drug-likeness (QED) is 0.311. The van der Waals surface area contributed by atoms with Gasteiger partial charge in [-0.2, -0.15) is 5.10 Å². The van der Waals surface area contributed by atoms with Crippen LogP contribution in [0.5, 0.6) is 0 Å². The Balaban J connectivity index is 1.48. The van der Waals surface area contributed by atoms with E-state index in [9.17, 15) is 18.0 Å². The van der Waals surface area contributed by atoms with Gasteiger partial charge in [-0.1, -0.05) is 31.0 Å². The van der Waals surface area contributed by atoms with Crippen LogP contribution in [0.4, 0.5) is 13.2 Å². The summed E-state index contributed by atoms with van der Waals surface area (Å²) < 4.78 is 43.8. The standard InChI is InChI=1S/C30H36ClF3N4O/c1-5-6-19(28-12-14-36-38(28)21-8-10-26(33)25(31)16-21)11-13-35-29(39)24-18-37(30(2,3)4)17-23(24)22-9-7-20(32)15-27(22)34/h7-10,12,14-16,19,23-24H,5-6,11,13,17-18H2,1-4H3,(H,35,39)/t19?,23-,24+/m0/s1. The molecule has 2 heterocycles. The maximum Gasteiger partial charge on any atom is 0.225 e. The lowest BCUT2D eigenvalue weighted by Crippen LogP contribution is -2.41. The van der Waals surface area contributed by atoms with E-state index in [0.717, 1.165) is 24.6 Å². The Hall–Kier alpha value is -2.84. The van der Waals surface area contributed by atoms with Gasteiger partial charge in [-0.3, -0.25) is 9.69 Å². The van der Waals surface area contributed by atoms with Crippen LogP contribution in [0.25, 0.3) is 5.69 Å². The first-order chi connectivity index (χ1) is 18.5. The van der Waals surface area contributed by atoms with Crippen LogP contribution in [-0.4, -0.2) is 45.8 Å². The van der Waals surface area contributed by atoms with Crippen molar-refractivity contribution < 1.29 is 18.0 Å². The van der Waals surface area contributed by atoms with E-state index in [1.54, 1.807) is 23.0 Å². The molecule has 1 fully saturated rings. The van der Waals surface area contributed by atoms with Crippen LogP contribution in [0, 0.1) is 23.4 Å². The van der Waals surface area contributed by atoms with Gasteiger partial charge in [-0.05, 0) is 69.5 Å². The third kappa shape index (κ3) is 6.67. The smallest absolute Gasteiger partial charge is 0.225 e. The van der Waals surface area contributed by atoms with Gasteiger partial charge in [-0.25, -0.2) is 17.9 Å². The Morgan fingerprint density at radius 1 is 1.08 bits per heavy atom.